The molecule has 0 bridgehead atoms. The van der Waals surface area contributed by atoms with Crippen LogP contribution in [0.1, 0.15) is 92.9 Å². The first-order valence-electron chi connectivity index (χ1n) is 12.9. The number of hydrogen-bond acceptors (Lipinski definition) is 3. The zero-order valence-corrected chi connectivity index (χ0v) is 20.9. The maximum atomic E-state index is 13.6. The molecule has 0 aromatic heterocycles. The van der Waals surface area contributed by atoms with E-state index in [1.807, 2.05) is 27.7 Å². The van der Waals surface area contributed by atoms with Crippen molar-refractivity contribution in [3.05, 3.63) is 11.6 Å². The highest BCUT2D eigenvalue weighted by Crippen LogP contribution is 2.65. The summed E-state index contributed by atoms with van der Waals surface area (Å²) in [6.07, 6.45) is 11.0. The molecule has 0 heterocycles. The molecule has 4 rings (SSSR count). The minimum Gasteiger partial charge on any atom is -0.335 e. The molecule has 0 aliphatic heterocycles. The maximum Gasteiger partial charge on any atom is 0.324 e. The predicted octanol–water partition coefficient (Wildman–Crippen LogP) is 5.49. The third-order valence-electron chi connectivity index (χ3n) is 9.49. The van der Waals surface area contributed by atoms with Crippen molar-refractivity contribution >= 4 is 17.7 Å². The van der Waals surface area contributed by atoms with Crippen LogP contribution in [0, 0.1) is 34.5 Å². The molecule has 3 fully saturated rings. The van der Waals surface area contributed by atoms with Crippen LogP contribution >= 0.6 is 0 Å². The number of hydrogen-bond donors (Lipinski definition) is 1. The van der Waals surface area contributed by atoms with Gasteiger partial charge < -0.3 is 5.32 Å². The van der Waals surface area contributed by atoms with Crippen molar-refractivity contribution in [3.8, 4) is 0 Å². The molecule has 178 valence electrons. The summed E-state index contributed by atoms with van der Waals surface area (Å²) in [7, 11) is 0. The van der Waals surface area contributed by atoms with Crippen molar-refractivity contribution in [2.24, 2.45) is 34.5 Å². The number of rotatable bonds is 3. The average molecular weight is 443 g/mol. The van der Waals surface area contributed by atoms with Crippen molar-refractivity contribution < 1.29 is 14.4 Å². The number of amides is 3. The van der Waals surface area contributed by atoms with Crippen LogP contribution in [0.5, 0.6) is 0 Å². The Bertz CT molecular complexity index is 831. The molecule has 5 nitrogen and oxygen atoms in total. The van der Waals surface area contributed by atoms with E-state index in [0.717, 1.165) is 12.3 Å². The molecule has 4 aliphatic carbocycles. The van der Waals surface area contributed by atoms with Crippen molar-refractivity contribution in [2.75, 3.05) is 0 Å². The van der Waals surface area contributed by atoms with Crippen LogP contribution in [0.4, 0.5) is 4.79 Å². The molecule has 1 N–H and O–H groups in total. The SMILES string of the molecule is CC(C)NC(=O)N(C(=O)C1C[C@@]2(C)C(=CC1=O)CC[C@@H]1[C@H]2CC[C@]2(C)CCC[C@@H]12)C(C)C. The summed E-state index contributed by atoms with van der Waals surface area (Å²) in [4.78, 5) is 40.8. The molecule has 5 heteroatoms. The molecule has 1 unspecified atom stereocenters. The molecule has 0 saturated heterocycles. The number of nitrogens with one attached hydrogen (secondary N) is 1. The number of imide groups is 1. The van der Waals surface area contributed by atoms with Crippen LogP contribution in [-0.2, 0) is 9.59 Å². The van der Waals surface area contributed by atoms with Crippen LogP contribution in [0.3, 0.4) is 0 Å². The van der Waals surface area contributed by atoms with E-state index in [1.165, 1.54) is 49.0 Å². The van der Waals surface area contributed by atoms with Crippen LogP contribution < -0.4 is 5.32 Å². The number of carbonyl (C=O) groups excluding carboxylic acids is 3. The number of allylic oxidation sites excluding steroid dienone is 1. The summed E-state index contributed by atoms with van der Waals surface area (Å²) < 4.78 is 0. The second-order valence-corrected chi connectivity index (χ2v) is 12.2. The lowest BCUT2D eigenvalue weighted by molar-refractivity contribution is -0.142. The van der Waals surface area contributed by atoms with Gasteiger partial charge in [-0.25, -0.2) is 4.79 Å². The lowest BCUT2D eigenvalue weighted by atomic mass is 9.47. The Labute approximate surface area is 193 Å². The van der Waals surface area contributed by atoms with E-state index in [1.54, 1.807) is 6.08 Å². The average Bonchev–Trinajstić information content (AvgIpc) is 3.09. The number of ketones is 1. The summed E-state index contributed by atoms with van der Waals surface area (Å²) in [6.45, 7) is 12.3. The van der Waals surface area contributed by atoms with Gasteiger partial charge in [-0.3, -0.25) is 14.5 Å². The third kappa shape index (κ3) is 3.74. The predicted molar refractivity (Wildman–Crippen MR) is 126 cm³/mol. The number of nitrogens with zero attached hydrogens (tertiary/aromatic N) is 1. The fourth-order valence-electron chi connectivity index (χ4n) is 7.92. The van der Waals surface area contributed by atoms with Gasteiger partial charge in [0, 0.05) is 12.1 Å². The smallest absolute Gasteiger partial charge is 0.324 e. The first-order valence-corrected chi connectivity index (χ1v) is 12.9. The van der Waals surface area contributed by atoms with Crippen molar-refractivity contribution in [3.63, 3.8) is 0 Å². The Morgan fingerprint density at radius 1 is 1.06 bits per heavy atom. The fraction of sp³-hybridized carbons (Fsp3) is 0.815. The van der Waals surface area contributed by atoms with Crippen LogP contribution in [-0.4, -0.2) is 34.7 Å². The Balaban J connectivity index is 1.62. The molecule has 3 saturated carbocycles. The van der Waals surface area contributed by atoms with E-state index in [4.69, 9.17) is 0 Å². The van der Waals surface area contributed by atoms with Gasteiger partial charge >= 0.3 is 6.03 Å². The summed E-state index contributed by atoms with van der Waals surface area (Å²) in [5, 5.41) is 2.84. The van der Waals surface area contributed by atoms with Crippen LogP contribution in [0.2, 0.25) is 0 Å². The molecule has 6 atom stereocenters. The van der Waals surface area contributed by atoms with E-state index < -0.39 is 11.9 Å². The van der Waals surface area contributed by atoms with E-state index in [0.29, 0.717) is 23.7 Å². The van der Waals surface area contributed by atoms with Crippen molar-refractivity contribution in [1.82, 2.24) is 10.2 Å². The Kier molecular flexibility index (Phi) is 6.09. The molecular weight excluding hydrogens is 400 g/mol. The fourth-order valence-corrected chi connectivity index (χ4v) is 7.92. The highest BCUT2D eigenvalue weighted by atomic mass is 16.2. The monoisotopic (exact) mass is 442 g/mol. The Hall–Kier alpha value is -1.65. The van der Waals surface area contributed by atoms with Gasteiger partial charge in [0.05, 0.1) is 0 Å². The van der Waals surface area contributed by atoms with Gasteiger partial charge in [-0.05, 0) is 107 Å². The van der Waals surface area contributed by atoms with Gasteiger partial charge in [0.2, 0.25) is 5.91 Å². The van der Waals surface area contributed by atoms with E-state index in [9.17, 15) is 14.4 Å². The van der Waals surface area contributed by atoms with E-state index in [2.05, 4.69) is 19.2 Å². The van der Waals surface area contributed by atoms with Gasteiger partial charge in [0.25, 0.3) is 0 Å². The maximum absolute atomic E-state index is 13.6. The molecule has 0 aromatic carbocycles. The summed E-state index contributed by atoms with van der Waals surface area (Å²) >= 11 is 0. The number of urea groups is 1. The quantitative estimate of drug-likeness (QED) is 0.588. The van der Waals surface area contributed by atoms with Gasteiger partial charge in [-0.1, -0.05) is 25.8 Å². The summed E-state index contributed by atoms with van der Waals surface area (Å²) in [5.41, 5.74) is 1.64. The normalized spacial score (nSPS) is 38.6. The lowest BCUT2D eigenvalue weighted by Crippen LogP contribution is -2.55. The summed E-state index contributed by atoms with van der Waals surface area (Å²) in [5.74, 6) is 0.843. The molecule has 3 amide bonds. The largest absolute Gasteiger partial charge is 0.335 e. The van der Waals surface area contributed by atoms with Crippen LogP contribution in [0.15, 0.2) is 11.6 Å². The molecule has 0 radical (unpaired) electrons. The first-order chi connectivity index (χ1) is 15.0. The number of carbonyl (C=O) groups is 3. The zero-order chi connectivity index (χ0) is 23.4. The standard InChI is InChI=1S/C27H42N2O3/c1-16(2)28-25(32)29(17(3)4)24(31)20-15-27(6)18(14-23(20)30)9-10-19-21-8-7-12-26(21,5)13-11-22(19)27/h14,16-17,19-22H,7-13,15H2,1-6H3,(H,28,32)/t19-,20?,21-,22+,26-,27-/m0/s1. The Morgan fingerprint density at radius 3 is 2.44 bits per heavy atom. The first kappa shape index (κ1) is 23.5. The van der Waals surface area contributed by atoms with Gasteiger partial charge in [0.1, 0.15) is 5.92 Å². The van der Waals surface area contributed by atoms with Crippen molar-refractivity contribution in [1.29, 1.82) is 0 Å². The third-order valence-corrected chi connectivity index (χ3v) is 9.49. The topological polar surface area (TPSA) is 66.5 Å². The van der Waals surface area contributed by atoms with Gasteiger partial charge in [-0.15, -0.1) is 0 Å². The second kappa shape index (κ2) is 8.29. The van der Waals surface area contributed by atoms with E-state index >= 15 is 0 Å². The molecular formula is C27H42N2O3. The van der Waals surface area contributed by atoms with Gasteiger partial charge in [0.15, 0.2) is 5.78 Å². The zero-order valence-electron chi connectivity index (χ0n) is 20.9. The minimum absolute atomic E-state index is 0.0651. The summed E-state index contributed by atoms with van der Waals surface area (Å²) in [6, 6.07) is -0.751. The van der Waals surface area contributed by atoms with Crippen LogP contribution in [0.25, 0.3) is 0 Å². The highest BCUT2D eigenvalue weighted by molar-refractivity contribution is 6.11. The van der Waals surface area contributed by atoms with Gasteiger partial charge in [-0.2, -0.15) is 0 Å². The molecule has 4 aliphatic rings. The minimum atomic E-state index is -0.750. The lowest BCUT2D eigenvalue weighted by Gasteiger charge is -2.58. The van der Waals surface area contributed by atoms with E-state index in [-0.39, 0.29) is 29.2 Å². The molecule has 32 heavy (non-hydrogen) atoms. The highest BCUT2D eigenvalue weighted by Gasteiger charge is 2.58. The second-order valence-electron chi connectivity index (χ2n) is 12.2. The molecule has 0 spiro atoms. The number of fused-ring (bicyclic) bond motifs is 5. The molecule has 0 aromatic rings. The Morgan fingerprint density at radius 2 is 1.78 bits per heavy atom. The van der Waals surface area contributed by atoms with Crippen molar-refractivity contribution in [2.45, 2.75) is 105 Å².